The molecule has 0 spiro atoms. The van der Waals surface area contributed by atoms with Crippen LogP contribution in [0, 0.1) is 6.92 Å². The zero-order chi connectivity index (χ0) is 22.7. The highest BCUT2D eigenvalue weighted by Crippen LogP contribution is 2.15. The molecule has 0 aliphatic rings. The molecule has 4 N–H and O–H groups in total. The van der Waals surface area contributed by atoms with Crippen molar-refractivity contribution < 1.29 is 14.7 Å². The third-order valence-electron chi connectivity index (χ3n) is 5.02. The van der Waals surface area contributed by atoms with Crippen LogP contribution in [-0.4, -0.2) is 48.8 Å². The van der Waals surface area contributed by atoms with Gasteiger partial charge in [-0.15, -0.1) is 0 Å². The van der Waals surface area contributed by atoms with Crippen molar-refractivity contribution in [3.8, 4) is 5.95 Å². The lowest BCUT2D eigenvalue weighted by Crippen LogP contribution is -2.50. The third kappa shape index (κ3) is 4.47. The van der Waals surface area contributed by atoms with Crippen molar-refractivity contribution in [2.75, 3.05) is 0 Å². The Morgan fingerprint density at radius 2 is 1.84 bits per heavy atom. The number of para-hydroxylation sites is 1. The molecule has 32 heavy (non-hydrogen) atoms. The number of amides is 2. The quantitative estimate of drug-likeness (QED) is 0.404. The van der Waals surface area contributed by atoms with Crippen LogP contribution in [0.1, 0.15) is 21.7 Å². The average Bonchev–Trinajstić information content (AvgIpc) is 3.20. The van der Waals surface area contributed by atoms with Crippen LogP contribution in [0.15, 0.2) is 66.9 Å². The minimum Gasteiger partial charge on any atom is -0.381 e. The fourth-order valence-electron chi connectivity index (χ4n) is 3.43. The maximum absolute atomic E-state index is 13.2. The Morgan fingerprint density at radius 3 is 2.59 bits per heavy atom. The Kier molecular flexibility index (Phi) is 5.91. The number of hydrogen-bond donors (Lipinski definition) is 3. The van der Waals surface area contributed by atoms with E-state index in [0.29, 0.717) is 11.2 Å². The van der Waals surface area contributed by atoms with E-state index in [9.17, 15) is 14.7 Å². The first-order valence-electron chi connectivity index (χ1n) is 10.0. The lowest BCUT2D eigenvalue weighted by Gasteiger charge is -2.22. The van der Waals surface area contributed by atoms with Gasteiger partial charge in [-0.05, 0) is 31.0 Å². The van der Waals surface area contributed by atoms with Crippen molar-refractivity contribution in [1.82, 2.24) is 25.1 Å². The van der Waals surface area contributed by atoms with Gasteiger partial charge in [0.1, 0.15) is 5.69 Å². The Hall–Kier alpha value is -4.11. The number of aliphatic hydroxyl groups is 1. The van der Waals surface area contributed by atoms with Crippen LogP contribution in [0.4, 0.5) is 0 Å². The van der Waals surface area contributed by atoms with Crippen molar-refractivity contribution in [2.24, 2.45) is 5.73 Å². The molecule has 2 aromatic carbocycles. The number of benzene rings is 2. The summed E-state index contributed by atoms with van der Waals surface area (Å²) in [4.78, 5) is 33.6. The van der Waals surface area contributed by atoms with Crippen molar-refractivity contribution >= 4 is 22.7 Å². The van der Waals surface area contributed by atoms with E-state index in [0.717, 1.165) is 10.9 Å². The normalized spacial score (nSPS) is 12.9. The van der Waals surface area contributed by atoms with E-state index in [4.69, 9.17) is 5.73 Å². The Balaban J connectivity index is 1.65. The van der Waals surface area contributed by atoms with E-state index in [2.05, 4.69) is 20.4 Å². The molecule has 0 saturated heterocycles. The molecule has 0 bridgehead atoms. The van der Waals surface area contributed by atoms with Crippen molar-refractivity contribution in [3.05, 3.63) is 83.8 Å². The predicted molar refractivity (Wildman–Crippen MR) is 118 cm³/mol. The van der Waals surface area contributed by atoms with Gasteiger partial charge in [-0.2, -0.15) is 9.78 Å². The summed E-state index contributed by atoms with van der Waals surface area (Å²) in [6.07, 6.45) is 0.315. The molecule has 2 amide bonds. The smallest absolute Gasteiger partial charge is 0.270 e. The molecule has 0 aliphatic carbocycles. The molecule has 0 radical (unpaired) electrons. The summed E-state index contributed by atoms with van der Waals surface area (Å²) in [5.41, 5.74) is 7.61. The monoisotopic (exact) mass is 430 g/mol. The second-order valence-corrected chi connectivity index (χ2v) is 7.43. The van der Waals surface area contributed by atoms with E-state index in [1.54, 1.807) is 19.2 Å². The van der Waals surface area contributed by atoms with Crippen molar-refractivity contribution in [2.45, 2.75) is 25.5 Å². The molecule has 2 aromatic heterocycles. The fourth-order valence-corrected chi connectivity index (χ4v) is 3.43. The Labute approximate surface area is 183 Å². The SMILES string of the molecule is Cc1cc(C(=O)NC(Cc2ccccc2)C(O)C(N)=O)n(-c2ncc3ccccc3n2)n1. The van der Waals surface area contributed by atoms with E-state index in [1.165, 1.54) is 4.68 Å². The molecule has 0 aliphatic heterocycles. The van der Waals surface area contributed by atoms with Gasteiger partial charge in [0.15, 0.2) is 6.10 Å². The first-order chi connectivity index (χ1) is 15.4. The van der Waals surface area contributed by atoms with Gasteiger partial charge < -0.3 is 16.2 Å². The summed E-state index contributed by atoms with van der Waals surface area (Å²) in [6, 6.07) is 17.3. The van der Waals surface area contributed by atoms with Crippen LogP contribution in [0.5, 0.6) is 0 Å². The minimum absolute atomic E-state index is 0.174. The third-order valence-corrected chi connectivity index (χ3v) is 5.02. The average molecular weight is 430 g/mol. The van der Waals surface area contributed by atoms with Crippen molar-refractivity contribution in [3.63, 3.8) is 0 Å². The number of nitrogens with zero attached hydrogens (tertiary/aromatic N) is 4. The molecule has 0 fully saturated rings. The lowest BCUT2D eigenvalue weighted by atomic mass is 10.0. The number of aryl methyl sites for hydroxylation is 1. The number of hydrogen-bond acceptors (Lipinski definition) is 6. The van der Waals surface area contributed by atoms with Gasteiger partial charge in [-0.1, -0.05) is 48.5 Å². The van der Waals surface area contributed by atoms with Crippen molar-refractivity contribution in [1.29, 1.82) is 0 Å². The number of nitrogens with two attached hydrogens (primary N) is 1. The summed E-state index contributed by atoms with van der Waals surface area (Å²) < 4.78 is 1.34. The highest BCUT2D eigenvalue weighted by Gasteiger charge is 2.28. The number of aromatic nitrogens is 4. The van der Waals surface area contributed by atoms with E-state index < -0.39 is 24.0 Å². The van der Waals surface area contributed by atoms with Gasteiger partial charge in [0, 0.05) is 11.6 Å². The summed E-state index contributed by atoms with van der Waals surface area (Å²) in [6.45, 7) is 1.74. The molecular formula is C23H22N6O3. The number of nitrogens with one attached hydrogen (secondary N) is 1. The van der Waals surface area contributed by atoms with Crippen LogP contribution in [0.3, 0.4) is 0 Å². The largest absolute Gasteiger partial charge is 0.381 e. The van der Waals surface area contributed by atoms with E-state index in [1.807, 2.05) is 54.6 Å². The molecule has 4 aromatic rings. The van der Waals surface area contributed by atoms with Crippen LogP contribution in [0.25, 0.3) is 16.9 Å². The molecule has 2 heterocycles. The number of fused-ring (bicyclic) bond motifs is 1. The van der Waals surface area contributed by atoms with Crippen LogP contribution < -0.4 is 11.1 Å². The summed E-state index contributed by atoms with van der Waals surface area (Å²) >= 11 is 0. The van der Waals surface area contributed by atoms with Crippen LogP contribution in [0.2, 0.25) is 0 Å². The molecule has 2 unspecified atom stereocenters. The van der Waals surface area contributed by atoms with Gasteiger partial charge in [0.2, 0.25) is 5.91 Å². The van der Waals surface area contributed by atoms with Gasteiger partial charge >= 0.3 is 0 Å². The number of aliphatic hydroxyl groups excluding tert-OH is 1. The zero-order valence-corrected chi connectivity index (χ0v) is 17.3. The minimum atomic E-state index is -1.56. The molecule has 162 valence electrons. The highest BCUT2D eigenvalue weighted by molar-refractivity contribution is 5.94. The first-order valence-corrected chi connectivity index (χ1v) is 10.0. The summed E-state index contributed by atoms with van der Waals surface area (Å²) in [7, 11) is 0. The molecule has 9 nitrogen and oxygen atoms in total. The maximum Gasteiger partial charge on any atom is 0.270 e. The van der Waals surface area contributed by atoms with Crippen LogP contribution >= 0.6 is 0 Å². The highest BCUT2D eigenvalue weighted by atomic mass is 16.3. The Morgan fingerprint density at radius 1 is 1.12 bits per heavy atom. The van der Waals surface area contributed by atoms with E-state index in [-0.39, 0.29) is 18.1 Å². The van der Waals surface area contributed by atoms with Crippen LogP contribution in [-0.2, 0) is 11.2 Å². The topological polar surface area (TPSA) is 136 Å². The summed E-state index contributed by atoms with van der Waals surface area (Å²) in [5, 5.41) is 18.3. The second-order valence-electron chi connectivity index (χ2n) is 7.43. The number of carbonyl (C=O) groups excluding carboxylic acids is 2. The maximum atomic E-state index is 13.2. The van der Waals surface area contributed by atoms with Gasteiger partial charge in [0.05, 0.1) is 17.3 Å². The number of primary amides is 1. The fraction of sp³-hybridized carbons (Fsp3) is 0.174. The molecule has 9 heteroatoms. The van der Waals surface area contributed by atoms with Gasteiger partial charge in [-0.25, -0.2) is 9.97 Å². The summed E-state index contributed by atoms with van der Waals surface area (Å²) in [5.74, 6) is -1.23. The molecule has 2 atom stereocenters. The number of carbonyl (C=O) groups is 2. The lowest BCUT2D eigenvalue weighted by molar-refractivity contribution is -0.127. The first kappa shape index (κ1) is 21.1. The zero-order valence-electron chi connectivity index (χ0n) is 17.3. The second kappa shape index (κ2) is 8.94. The van der Waals surface area contributed by atoms with E-state index >= 15 is 0 Å². The predicted octanol–water partition coefficient (Wildman–Crippen LogP) is 1.31. The molecule has 4 rings (SSSR count). The number of rotatable bonds is 7. The molecule has 0 saturated carbocycles. The Bertz CT molecular complexity index is 1270. The molecular weight excluding hydrogens is 408 g/mol. The van der Waals surface area contributed by atoms with Gasteiger partial charge in [-0.3, -0.25) is 9.59 Å². The standard InChI is InChI=1S/C23H22N6O3/c1-14-11-19(29(28-14)23-25-13-16-9-5-6-10-17(16)27-23)22(32)26-18(20(30)21(24)31)12-15-7-3-2-4-8-15/h2-11,13,18,20,30H,12H2,1H3,(H2,24,31)(H,26,32). The van der Waals surface area contributed by atoms with Gasteiger partial charge in [0.25, 0.3) is 11.9 Å².